The fourth-order valence-electron chi connectivity index (χ4n) is 5.80. The van der Waals surface area contributed by atoms with Crippen LogP contribution in [0, 0.1) is 12.3 Å². The Balaban J connectivity index is 1.27. The second-order valence-corrected chi connectivity index (χ2v) is 9.74. The first-order chi connectivity index (χ1) is 15.7. The Morgan fingerprint density at radius 1 is 0.970 bits per heavy atom. The summed E-state index contributed by atoms with van der Waals surface area (Å²) in [4.78, 5) is 40.9. The smallest absolute Gasteiger partial charge is 0.338 e. The summed E-state index contributed by atoms with van der Waals surface area (Å²) in [5.74, 6) is -0.547. The predicted molar refractivity (Wildman–Crippen MR) is 118 cm³/mol. The average molecular weight is 455 g/mol. The highest BCUT2D eigenvalue weighted by molar-refractivity contribution is 5.94. The molecule has 1 N–H and O–H groups in total. The molecule has 1 spiro atoms. The lowest BCUT2D eigenvalue weighted by Crippen LogP contribution is -2.48. The van der Waals surface area contributed by atoms with Crippen molar-refractivity contribution in [2.24, 2.45) is 5.41 Å². The Morgan fingerprint density at radius 2 is 1.64 bits per heavy atom. The third-order valence-electron chi connectivity index (χ3n) is 8.23. The number of aliphatic hydroxyl groups is 1. The fraction of sp³-hybridized carbons (Fsp3) is 0.560. The molecule has 4 heterocycles. The number of nitrogens with zero attached hydrogens (tertiary/aromatic N) is 2. The molecule has 0 saturated carbocycles. The Labute approximate surface area is 193 Å². The van der Waals surface area contributed by atoms with Gasteiger partial charge in [-0.15, -0.1) is 0 Å². The van der Waals surface area contributed by atoms with Crippen molar-refractivity contribution in [1.82, 2.24) is 9.80 Å². The molecule has 8 nitrogen and oxygen atoms in total. The number of likely N-dealkylation sites (tertiary alicyclic amines) is 2. The lowest BCUT2D eigenvalue weighted by atomic mass is 9.76. The topological polar surface area (TPSA) is 96.4 Å². The van der Waals surface area contributed by atoms with Gasteiger partial charge in [0.05, 0.1) is 28.4 Å². The van der Waals surface area contributed by atoms with Gasteiger partial charge in [-0.2, -0.15) is 0 Å². The monoisotopic (exact) mass is 454 g/mol. The Kier molecular flexibility index (Phi) is 5.33. The number of ether oxygens (including phenoxy) is 2. The number of cyclic esters (lactones) is 2. The third-order valence-corrected chi connectivity index (χ3v) is 8.23. The molecule has 0 bridgehead atoms. The predicted octanol–water partition coefficient (Wildman–Crippen LogP) is 2.23. The molecular formula is C25H30N2O6. The molecule has 1 aromatic carbocycles. The summed E-state index contributed by atoms with van der Waals surface area (Å²) in [5.41, 5.74) is 4.01. The number of hydrogen-bond acceptors (Lipinski definition) is 7. The number of carbonyl (C=O) groups is 3. The second kappa shape index (κ2) is 7.95. The van der Waals surface area contributed by atoms with E-state index >= 15 is 0 Å². The van der Waals surface area contributed by atoms with Crippen LogP contribution in [0.2, 0.25) is 0 Å². The first-order valence-electron chi connectivity index (χ1n) is 11.6. The SMILES string of the molecule is CC1=C(N2CCC3(CCN([C@H](C)[C@H](O)c4ccc5c(c4C)COC5=O)CC3)C2=O)COC1=O. The number of aliphatic hydroxyl groups excluding tert-OH is 1. The standard InChI is InChI=1S/C25H30N2O6/c1-14-17(4-5-18-19(14)12-32-23(18)30)21(28)16(3)26-9-6-25(7-10-26)8-11-27(24(25)31)20-13-33-22(29)15(20)2/h4-5,16,21,28H,6-13H2,1-3H3/t16-,21+/m1/s1. The van der Waals surface area contributed by atoms with Crippen LogP contribution in [0.25, 0.3) is 0 Å². The minimum absolute atomic E-state index is 0.0992. The summed E-state index contributed by atoms with van der Waals surface area (Å²) in [6.45, 7) is 8.15. The number of piperidine rings is 1. The van der Waals surface area contributed by atoms with Crippen LogP contribution < -0.4 is 0 Å². The Morgan fingerprint density at radius 3 is 2.30 bits per heavy atom. The maximum absolute atomic E-state index is 13.4. The lowest BCUT2D eigenvalue weighted by Gasteiger charge is -2.42. The van der Waals surface area contributed by atoms with Crippen molar-refractivity contribution in [3.05, 3.63) is 45.7 Å². The van der Waals surface area contributed by atoms with Crippen LogP contribution in [0.4, 0.5) is 0 Å². The van der Waals surface area contributed by atoms with Crippen LogP contribution >= 0.6 is 0 Å². The zero-order chi connectivity index (χ0) is 23.5. The largest absolute Gasteiger partial charge is 0.457 e. The van der Waals surface area contributed by atoms with Crippen LogP contribution in [-0.2, 0) is 25.7 Å². The molecule has 4 aliphatic rings. The Bertz CT molecular complexity index is 1070. The van der Waals surface area contributed by atoms with E-state index in [1.54, 1.807) is 17.9 Å². The highest BCUT2D eigenvalue weighted by atomic mass is 16.5. The molecular weight excluding hydrogens is 424 g/mol. The van der Waals surface area contributed by atoms with E-state index < -0.39 is 11.5 Å². The Hall–Kier alpha value is -2.71. The molecule has 33 heavy (non-hydrogen) atoms. The van der Waals surface area contributed by atoms with Crippen molar-refractivity contribution in [2.75, 3.05) is 26.2 Å². The van der Waals surface area contributed by atoms with E-state index in [-0.39, 0.29) is 37.1 Å². The van der Waals surface area contributed by atoms with Crippen molar-refractivity contribution < 1.29 is 29.0 Å². The van der Waals surface area contributed by atoms with Crippen molar-refractivity contribution in [3.8, 4) is 0 Å². The fourth-order valence-corrected chi connectivity index (χ4v) is 5.80. The molecule has 2 atom stereocenters. The first-order valence-corrected chi connectivity index (χ1v) is 11.6. The molecule has 0 aliphatic carbocycles. The van der Waals surface area contributed by atoms with E-state index in [9.17, 15) is 19.5 Å². The maximum atomic E-state index is 13.4. The van der Waals surface area contributed by atoms with Gasteiger partial charge in [-0.25, -0.2) is 9.59 Å². The van der Waals surface area contributed by atoms with Crippen molar-refractivity contribution in [1.29, 1.82) is 0 Å². The highest BCUT2D eigenvalue weighted by Crippen LogP contribution is 2.44. The third kappa shape index (κ3) is 3.38. The van der Waals surface area contributed by atoms with Gasteiger partial charge in [-0.3, -0.25) is 9.69 Å². The van der Waals surface area contributed by atoms with Gasteiger partial charge in [0.2, 0.25) is 5.91 Å². The van der Waals surface area contributed by atoms with Crippen LogP contribution in [-0.4, -0.2) is 65.0 Å². The molecule has 8 heteroatoms. The molecule has 0 radical (unpaired) electrons. The summed E-state index contributed by atoms with van der Waals surface area (Å²) in [7, 11) is 0. The summed E-state index contributed by atoms with van der Waals surface area (Å²) in [5, 5.41) is 11.2. The normalized spacial score (nSPS) is 24.4. The lowest BCUT2D eigenvalue weighted by molar-refractivity contribution is -0.139. The van der Waals surface area contributed by atoms with E-state index in [2.05, 4.69) is 4.90 Å². The van der Waals surface area contributed by atoms with E-state index in [0.29, 0.717) is 23.4 Å². The summed E-state index contributed by atoms with van der Waals surface area (Å²) < 4.78 is 10.2. The zero-order valence-electron chi connectivity index (χ0n) is 19.3. The van der Waals surface area contributed by atoms with E-state index in [0.717, 1.165) is 49.0 Å². The van der Waals surface area contributed by atoms with Gasteiger partial charge in [0.1, 0.15) is 13.2 Å². The number of fused-ring (bicyclic) bond motifs is 1. The quantitative estimate of drug-likeness (QED) is 0.697. The van der Waals surface area contributed by atoms with Crippen LogP contribution in [0.5, 0.6) is 0 Å². The van der Waals surface area contributed by atoms with Crippen molar-refractivity contribution in [3.63, 3.8) is 0 Å². The van der Waals surface area contributed by atoms with Crippen LogP contribution in [0.3, 0.4) is 0 Å². The van der Waals surface area contributed by atoms with E-state index in [1.807, 2.05) is 19.9 Å². The van der Waals surface area contributed by atoms with Gasteiger partial charge in [-0.1, -0.05) is 6.07 Å². The van der Waals surface area contributed by atoms with Gasteiger partial charge >= 0.3 is 11.9 Å². The number of benzene rings is 1. The van der Waals surface area contributed by atoms with Crippen molar-refractivity contribution >= 4 is 17.8 Å². The van der Waals surface area contributed by atoms with Gasteiger partial charge in [0.25, 0.3) is 0 Å². The number of hydrogen-bond donors (Lipinski definition) is 1. The maximum Gasteiger partial charge on any atom is 0.338 e. The van der Waals surface area contributed by atoms with Crippen molar-refractivity contribution in [2.45, 2.75) is 58.8 Å². The van der Waals surface area contributed by atoms with Gasteiger partial charge in [0.15, 0.2) is 0 Å². The number of rotatable bonds is 4. The molecule has 2 saturated heterocycles. The summed E-state index contributed by atoms with van der Waals surface area (Å²) >= 11 is 0. The number of carbonyl (C=O) groups excluding carboxylic acids is 3. The molecule has 0 unspecified atom stereocenters. The van der Waals surface area contributed by atoms with Crippen LogP contribution in [0.15, 0.2) is 23.4 Å². The average Bonchev–Trinajstić information content (AvgIpc) is 3.45. The van der Waals surface area contributed by atoms with Gasteiger partial charge in [0, 0.05) is 18.2 Å². The number of esters is 2. The minimum atomic E-state index is -0.703. The molecule has 5 rings (SSSR count). The first kappa shape index (κ1) is 22.1. The van der Waals surface area contributed by atoms with Gasteiger partial charge < -0.3 is 19.5 Å². The molecule has 4 aliphatic heterocycles. The zero-order valence-corrected chi connectivity index (χ0v) is 19.3. The molecule has 0 aromatic heterocycles. The van der Waals surface area contributed by atoms with Crippen LogP contribution in [0.1, 0.15) is 66.3 Å². The second-order valence-electron chi connectivity index (χ2n) is 9.74. The molecule has 1 amide bonds. The summed E-state index contributed by atoms with van der Waals surface area (Å²) in [6, 6.07) is 3.44. The molecule has 1 aromatic rings. The van der Waals surface area contributed by atoms with Gasteiger partial charge in [-0.05, 0) is 70.3 Å². The minimum Gasteiger partial charge on any atom is -0.457 e. The number of amides is 1. The molecule has 2 fully saturated rings. The van der Waals surface area contributed by atoms with E-state index in [4.69, 9.17) is 9.47 Å². The molecule has 176 valence electrons. The summed E-state index contributed by atoms with van der Waals surface area (Å²) in [6.07, 6.45) is 1.53. The van der Waals surface area contributed by atoms with E-state index in [1.165, 1.54) is 0 Å². The highest BCUT2D eigenvalue weighted by Gasteiger charge is 2.50.